The predicted octanol–water partition coefficient (Wildman–Crippen LogP) is 2.36. The first-order chi connectivity index (χ1) is 6.60. The van der Waals surface area contributed by atoms with Crippen LogP contribution in [0.25, 0.3) is 0 Å². The highest BCUT2D eigenvalue weighted by Gasteiger charge is 2.15. The molecule has 0 saturated heterocycles. The van der Waals surface area contributed by atoms with Crippen molar-refractivity contribution in [3.8, 4) is 0 Å². The summed E-state index contributed by atoms with van der Waals surface area (Å²) in [6.07, 6.45) is 0.643. The molecule has 0 atom stereocenters. The average molecular weight is 257 g/mol. The van der Waals surface area contributed by atoms with Gasteiger partial charge in [-0.2, -0.15) is 0 Å². The molecule has 0 amide bonds. The molecular weight excluding hydrogens is 248 g/mol. The number of methoxy groups -OCH3 is 1. The van der Waals surface area contributed by atoms with Crippen molar-refractivity contribution < 1.29 is 14.3 Å². The summed E-state index contributed by atoms with van der Waals surface area (Å²) in [7, 11) is 1.29. The van der Waals surface area contributed by atoms with Crippen molar-refractivity contribution in [2.75, 3.05) is 7.11 Å². The normalized spacial score (nSPS) is 9.64. The number of carbonyl (C=O) groups excluding carboxylic acids is 2. The fourth-order valence-corrected chi connectivity index (χ4v) is 1.83. The summed E-state index contributed by atoms with van der Waals surface area (Å²) in [5, 5.41) is 0. The Labute approximate surface area is 90.2 Å². The third-order valence-electron chi connectivity index (χ3n) is 1.85. The number of halogens is 1. The minimum atomic E-state index is -0.489. The number of benzene rings is 1. The number of hydrogen-bond acceptors (Lipinski definition) is 3. The summed E-state index contributed by atoms with van der Waals surface area (Å²) in [5.41, 5.74) is 1.38. The Bertz CT molecular complexity index is 385. The standard InChI is InChI=1S/C10H9BrO3/c1-6-3-8(11)4-7(5-12)9(6)10(13)14-2/h3-5H,1-2H3. The zero-order chi connectivity index (χ0) is 10.7. The van der Waals surface area contributed by atoms with Crippen molar-refractivity contribution in [3.63, 3.8) is 0 Å². The summed E-state index contributed by atoms with van der Waals surface area (Å²) in [5.74, 6) is -0.489. The fourth-order valence-electron chi connectivity index (χ4n) is 1.24. The average Bonchev–Trinajstić information content (AvgIpc) is 2.15. The maximum Gasteiger partial charge on any atom is 0.338 e. The molecule has 0 aromatic heterocycles. The summed E-state index contributed by atoms with van der Waals surface area (Å²) in [6, 6.07) is 3.35. The van der Waals surface area contributed by atoms with Crippen LogP contribution in [0, 0.1) is 6.92 Å². The Balaban J connectivity index is 3.39. The largest absolute Gasteiger partial charge is 0.465 e. The van der Waals surface area contributed by atoms with E-state index in [0.29, 0.717) is 23.0 Å². The number of aryl methyl sites for hydroxylation is 1. The summed E-state index contributed by atoms with van der Waals surface area (Å²) in [6.45, 7) is 1.75. The SMILES string of the molecule is COC(=O)c1c(C)cc(Br)cc1C=O. The molecule has 0 saturated carbocycles. The van der Waals surface area contributed by atoms with Gasteiger partial charge in [0.1, 0.15) is 0 Å². The van der Waals surface area contributed by atoms with E-state index in [-0.39, 0.29) is 0 Å². The van der Waals surface area contributed by atoms with Gasteiger partial charge in [-0.1, -0.05) is 15.9 Å². The Morgan fingerprint density at radius 2 is 2.14 bits per heavy atom. The van der Waals surface area contributed by atoms with E-state index < -0.39 is 5.97 Å². The van der Waals surface area contributed by atoms with Crippen molar-refractivity contribution >= 4 is 28.2 Å². The summed E-state index contributed by atoms with van der Waals surface area (Å²) < 4.78 is 5.35. The third kappa shape index (κ3) is 2.01. The van der Waals surface area contributed by atoms with Crippen LogP contribution in [-0.2, 0) is 4.74 Å². The first-order valence-corrected chi connectivity index (χ1v) is 4.73. The van der Waals surface area contributed by atoms with E-state index in [9.17, 15) is 9.59 Å². The van der Waals surface area contributed by atoms with Gasteiger partial charge >= 0.3 is 5.97 Å². The Morgan fingerprint density at radius 3 is 2.64 bits per heavy atom. The topological polar surface area (TPSA) is 43.4 Å². The van der Waals surface area contributed by atoms with Crippen LogP contribution in [0.3, 0.4) is 0 Å². The van der Waals surface area contributed by atoms with Crippen molar-refractivity contribution in [2.45, 2.75) is 6.92 Å². The number of rotatable bonds is 2. The first-order valence-electron chi connectivity index (χ1n) is 3.93. The van der Waals surface area contributed by atoms with Gasteiger partial charge in [-0.3, -0.25) is 4.79 Å². The molecular formula is C10H9BrO3. The van der Waals surface area contributed by atoms with Gasteiger partial charge < -0.3 is 4.74 Å². The monoisotopic (exact) mass is 256 g/mol. The van der Waals surface area contributed by atoms with Gasteiger partial charge in [-0.25, -0.2) is 4.79 Å². The van der Waals surface area contributed by atoms with E-state index >= 15 is 0 Å². The van der Waals surface area contributed by atoms with Crippen LogP contribution in [0.4, 0.5) is 0 Å². The van der Waals surface area contributed by atoms with Gasteiger partial charge in [-0.05, 0) is 24.6 Å². The van der Waals surface area contributed by atoms with E-state index in [1.54, 1.807) is 19.1 Å². The second-order valence-corrected chi connectivity index (χ2v) is 3.71. The molecule has 0 spiro atoms. The summed E-state index contributed by atoms with van der Waals surface area (Å²) in [4.78, 5) is 22.1. The highest BCUT2D eigenvalue weighted by molar-refractivity contribution is 9.10. The van der Waals surface area contributed by atoms with Crippen LogP contribution in [-0.4, -0.2) is 19.4 Å². The second-order valence-electron chi connectivity index (χ2n) is 2.80. The van der Waals surface area contributed by atoms with Gasteiger partial charge in [0.05, 0.1) is 12.7 Å². The zero-order valence-electron chi connectivity index (χ0n) is 7.83. The minimum Gasteiger partial charge on any atom is -0.465 e. The number of hydrogen-bond donors (Lipinski definition) is 0. The van der Waals surface area contributed by atoms with Gasteiger partial charge in [0.2, 0.25) is 0 Å². The molecule has 0 fully saturated rings. The van der Waals surface area contributed by atoms with Crippen LogP contribution < -0.4 is 0 Å². The number of esters is 1. The number of aldehydes is 1. The molecule has 14 heavy (non-hydrogen) atoms. The molecule has 0 aliphatic rings. The van der Waals surface area contributed by atoms with Crippen LogP contribution in [0.2, 0.25) is 0 Å². The Morgan fingerprint density at radius 1 is 1.50 bits per heavy atom. The van der Waals surface area contributed by atoms with Crippen LogP contribution in [0.1, 0.15) is 26.3 Å². The molecule has 1 aromatic carbocycles. The van der Waals surface area contributed by atoms with E-state index in [0.717, 1.165) is 4.47 Å². The van der Waals surface area contributed by atoms with Gasteiger partial charge in [0, 0.05) is 10.0 Å². The smallest absolute Gasteiger partial charge is 0.338 e. The van der Waals surface area contributed by atoms with Crippen molar-refractivity contribution in [1.82, 2.24) is 0 Å². The number of carbonyl (C=O) groups is 2. The van der Waals surface area contributed by atoms with E-state index in [1.807, 2.05) is 0 Å². The van der Waals surface area contributed by atoms with E-state index in [1.165, 1.54) is 7.11 Å². The lowest BCUT2D eigenvalue weighted by Gasteiger charge is -2.06. The zero-order valence-corrected chi connectivity index (χ0v) is 9.42. The third-order valence-corrected chi connectivity index (χ3v) is 2.31. The highest BCUT2D eigenvalue weighted by Crippen LogP contribution is 2.20. The molecule has 4 heteroatoms. The molecule has 0 bridgehead atoms. The maximum atomic E-state index is 11.3. The molecule has 0 aliphatic carbocycles. The lowest BCUT2D eigenvalue weighted by molar-refractivity contribution is 0.0597. The Hall–Kier alpha value is -1.16. The minimum absolute atomic E-state index is 0.325. The number of ether oxygens (including phenoxy) is 1. The molecule has 74 valence electrons. The first kappa shape index (κ1) is 10.9. The molecule has 0 unspecified atom stereocenters. The second kappa shape index (κ2) is 4.37. The molecule has 0 aliphatic heterocycles. The predicted molar refractivity (Wildman–Crippen MR) is 55.6 cm³/mol. The van der Waals surface area contributed by atoms with Crippen LogP contribution >= 0.6 is 15.9 Å². The van der Waals surface area contributed by atoms with Crippen LogP contribution in [0.15, 0.2) is 16.6 Å². The van der Waals surface area contributed by atoms with E-state index in [2.05, 4.69) is 20.7 Å². The summed E-state index contributed by atoms with van der Waals surface area (Å²) >= 11 is 3.25. The Kier molecular flexibility index (Phi) is 3.41. The van der Waals surface area contributed by atoms with Gasteiger partial charge in [0.25, 0.3) is 0 Å². The highest BCUT2D eigenvalue weighted by atomic mass is 79.9. The lowest BCUT2D eigenvalue weighted by atomic mass is 10.0. The molecule has 1 aromatic rings. The van der Waals surface area contributed by atoms with Gasteiger partial charge in [0.15, 0.2) is 6.29 Å². The fraction of sp³-hybridized carbons (Fsp3) is 0.200. The maximum absolute atomic E-state index is 11.3. The van der Waals surface area contributed by atoms with Crippen molar-refractivity contribution in [2.24, 2.45) is 0 Å². The molecule has 0 heterocycles. The van der Waals surface area contributed by atoms with Crippen molar-refractivity contribution in [3.05, 3.63) is 33.3 Å². The van der Waals surface area contributed by atoms with Crippen molar-refractivity contribution in [1.29, 1.82) is 0 Å². The van der Waals surface area contributed by atoms with Crippen LogP contribution in [0.5, 0.6) is 0 Å². The molecule has 0 N–H and O–H groups in total. The molecule has 3 nitrogen and oxygen atoms in total. The quantitative estimate of drug-likeness (QED) is 0.603. The van der Waals surface area contributed by atoms with E-state index in [4.69, 9.17) is 0 Å². The lowest BCUT2D eigenvalue weighted by Crippen LogP contribution is -2.07. The molecule has 0 radical (unpaired) electrons. The van der Waals surface area contributed by atoms with Gasteiger partial charge in [-0.15, -0.1) is 0 Å². The molecule has 1 rings (SSSR count).